The number of carbonyl (C=O) groups is 1. The summed E-state index contributed by atoms with van der Waals surface area (Å²) in [6.07, 6.45) is 0. The predicted molar refractivity (Wildman–Crippen MR) is 75.6 cm³/mol. The molecule has 1 amide bonds. The summed E-state index contributed by atoms with van der Waals surface area (Å²) in [4.78, 5) is 15.7. The molecular formula is C13H16Cl2N2O. The van der Waals surface area contributed by atoms with Gasteiger partial charge in [0.25, 0.3) is 0 Å². The Morgan fingerprint density at radius 1 is 1.33 bits per heavy atom. The van der Waals surface area contributed by atoms with Crippen LogP contribution in [-0.4, -0.2) is 42.4 Å². The third-order valence-corrected chi connectivity index (χ3v) is 3.73. The van der Waals surface area contributed by atoms with E-state index in [0.717, 1.165) is 30.3 Å². The summed E-state index contributed by atoms with van der Waals surface area (Å²) in [5.41, 5.74) is 1.14. The first-order valence-electron chi connectivity index (χ1n) is 5.97. The lowest BCUT2D eigenvalue weighted by atomic mass is 10.1. The smallest absolute Gasteiger partial charge is 0.237 e. The van der Waals surface area contributed by atoms with Crippen molar-refractivity contribution in [2.24, 2.45) is 0 Å². The minimum Gasteiger partial charge on any atom is -0.368 e. The molecule has 0 aliphatic carbocycles. The van der Waals surface area contributed by atoms with Crippen LogP contribution in [0.3, 0.4) is 0 Å². The zero-order valence-corrected chi connectivity index (χ0v) is 11.8. The number of anilines is 1. The van der Waals surface area contributed by atoms with Crippen molar-refractivity contribution in [2.45, 2.75) is 13.0 Å². The summed E-state index contributed by atoms with van der Waals surface area (Å²) < 4.78 is 0. The highest BCUT2D eigenvalue weighted by Crippen LogP contribution is 2.21. The lowest BCUT2D eigenvalue weighted by Gasteiger charge is -2.40. The Balaban J connectivity index is 2.04. The molecular weight excluding hydrogens is 271 g/mol. The molecule has 1 aromatic rings. The molecule has 3 nitrogen and oxygen atoms in total. The van der Waals surface area contributed by atoms with Gasteiger partial charge in [0.05, 0.1) is 0 Å². The van der Waals surface area contributed by atoms with Crippen molar-refractivity contribution in [1.82, 2.24) is 4.90 Å². The van der Waals surface area contributed by atoms with E-state index in [1.54, 1.807) is 0 Å². The average molecular weight is 287 g/mol. The highest BCUT2D eigenvalue weighted by atomic mass is 35.5. The predicted octanol–water partition coefficient (Wildman–Crippen LogP) is 2.62. The molecule has 1 atom stereocenters. The maximum absolute atomic E-state index is 11.6. The molecule has 2 rings (SSSR count). The maximum atomic E-state index is 11.6. The van der Waals surface area contributed by atoms with Crippen molar-refractivity contribution in [3.05, 3.63) is 29.3 Å². The van der Waals surface area contributed by atoms with E-state index in [0.29, 0.717) is 0 Å². The van der Waals surface area contributed by atoms with E-state index >= 15 is 0 Å². The second-order valence-corrected chi connectivity index (χ2v) is 5.20. The highest BCUT2D eigenvalue weighted by molar-refractivity contribution is 6.30. The largest absolute Gasteiger partial charge is 0.368 e. The van der Waals surface area contributed by atoms with Crippen LogP contribution in [0.2, 0.25) is 5.02 Å². The van der Waals surface area contributed by atoms with Gasteiger partial charge in [-0.1, -0.05) is 11.6 Å². The Kier molecular flexibility index (Phi) is 4.36. The molecule has 0 aromatic heterocycles. The Morgan fingerprint density at radius 3 is 2.56 bits per heavy atom. The Bertz CT molecular complexity index is 422. The van der Waals surface area contributed by atoms with Crippen LogP contribution >= 0.6 is 23.2 Å². The van der Waals surface area contributed by atoms with Crippen LogP contribution in [0.25, 0.3) is 0 Å². The number of hydrogen-bond acceptors (Lipinski definition) is 2. The number of halogens is 2. The topological polar surface area (TPSA) is 23.6 Å². The summed E-state index contributed by atoms with van der Waals surface area (Å²) in [6, 6.07) is 7.97. The molecule has 0 bridgehead atoms. The second kappa shape index (κ2) is 5.81. The van der Waals surface area contributed by atoms with E-state index < -0.39 is 0 Å². The van der Waals surface area contributed by atoms with Crippen LogP contribution in [0.1, 0.15) is 6.92 Å². The summed E-state index contributed by atoms with van der Waals surface area (Å²) >= 11 is 11.5. The van der Waals surface area contributed by atoms with Crippen molar-refractivity contribution >= 4 is 34.8 Å². The zero-order chi connectivity index (χ0) is 13.1. The van der Waals surface area contributed by atoms with Gasteiger partial charge in [0.1, 0.15) is 5.88 Å². The number of nitrogens with zero attached hydrogens (tertiary/aromatic N) is 2. The van der Waals surface area contributed by atoms with Crippen molar-refractivity contribution < 1.29 is 4.79 Å². The van der Waals surface area contributed by atoms with Crippen molar-refractivity contribution in [3.8, 4) is 0 Å². The van der Waals surface area contributed by atoms with Gasteiger partial charge in [-0.3, -0.25) is 4.79 Å². The van der Waals surface area contributed by atoms with E-state index in [-0.39, 0.29) is 17.8 Å². The van der Waals surface area contributed by atoms with Crippen molar-refractivity contribution in [3.63, 3.8) is 0 Å². The molecule has 0 N–H and O–H groups in total. The Hall–Kier alpha value is -0.930. The number of piperazine rings is 1. The van der Waals surface area contributed by atoms with E-state index in [1.165, 1.54) is 0 Å². The quantitative estimate of drug-likeness (QED) is 0.781. The molecule has 98 valence electrons. The van der Waals surface area contributed by atoms with Crippen LogP contribution in [0.15, 0.2) is 24.3 Å². The van der Waals surface area contributed by atoms with Gasteiger partial charge in [0, 0.05) is 36.4 Å². The van der Waals surface area contributed by atoms with Gasteiger partial charge in [0.15, 0.2) is 0 Å². The normalized spacial score (nSPS) is 20.1. The molecule has 5 heteroatoms. The van der Waals surface area contributed by atoms with Gasteiger partial charge < -0.3 is 9.80 Å². The lowest BCUT2D eigenvalue weighted by Crippen LogP contribution is -2.54. The minimum absolute atomic E-state index is 0.0138. The van der Waals surface area contributed by atoms with Crippen LogP contribution < -0.4 is 4.90 Å². The van der Waals surface area contributed by atoms with Crippen LogP contribution in [0, 0.1) is 0 Å². The number of benzene rings is 1. The van der Waals surface area contributed by atoms with Crippen molar-refractivity contribution in [2.75, 3.05) is 30.4 Å². The Morgan fingerprint density at radius 2 is 2.00 bits per heavy atom. The fourth-order valence-electron chi connectivity index (χ4n) is 2.29. The van der Waals surface area contributed by atoms with Gasteiger partial charge in [-0.05, 0) is 31.2 Å². The summed E-state index contributed by atoms with van der Waals surface area (Å²) in [7, 11) is 0. The van der Waals surface area contributed by atoms with E-state index in [4.69, 9.17) is 23.2 Å². The lowest BCUT2D eigenvalue weighted by molar-refractivity contribution is -0.130. The van der Waals surface area contributed by atoms with Gasteiger partial charge in [-0.15, -0.1) is 11.6 Å². The first kappa shape index (κ1) is 13.5. The SMILES string of the molecule is C[C@@H]1CN(c2ccc(Cl)cc2)CCN1C(=O)CCl. The highest BCUT2D eigenvalue weighted by Gasteiger charge is 2.26. The number of hydrogen-bond donors (Lipinski definition) is 0. The van der Waals surface area contributed by atoms with Crippen LogP contribution in [0.5, 0.6) is 0 Å². The molecule has 0 saturated carbocycles. The molecule has 1 aliphatic rings. The van der Waals surface area contributed by atoms with Crippen LogP contribution in [-0.2, 0) is 4.79 Å². The number of alkyl halides is 1. The molecule has 1 aliphatic heterocycles. The molecule has 1 heterocycles. The third-order valence-electron chi connectivity index (χ3n) is 3.25. The monoisotopic (exact) mass is 286 g/mol. The van der Waals surface area contributed by atoms with E-state index in [1.807, 2.05) is 36.1 Å². The number of amides is 1. The fourth-order valence-corrected chi connectivity index (χ4v) is 2.57. The molecule has 1 fully saturated rings. The second-order valence-electron chi connectivity index (χ2n) is 4.49. The average Bonchev–Trinajstić information content (AvgIpc) is 2.38. The van der Waals surface area contributed by atoms with E-state index in [9.17, 15) is 4.79 Å². The first-order chi connectivity index (χ1) is 8.61. The molecule has 0 radical (unpaired) electrons. The number of carbonyl (C=O) groups excluding carboxylic acids is 1. The Labute approximate surface area is 117 Å². The zero-order valence-electron chi connectivity index (χ0n) is 10.3. The van der Waals surface area contributed by atoms with Crippen molar-refractivity contribution in [1.29, 1.82) is 0 Å². The molecule has 1 aromatic carbocycles. The summed E-state index contributed by atoms with van der Waals surface area (Å²) in [5.74, 6) is 0.0746. The number of rotatable bonds is 2. The summed E-state index contributed by atoms with van der Waals surface area (Å²) in [6.45, 7) is 4.42. The fraction of sp³-hybridized carbons (Fsp3) is 0.462. The van der Waals surface area contributed by atoms with E-state index in [2.05, 4.69) is 4.90 Å². The molecule has 1 saturated heterocycles. The first-order valence-corrected chi connectivity index (χ1v) is 6.89. The molecule has 18 heavy (non-hydrogen) atoms. The standard InChI is InChI=1S/C13H16Cl2N2O/c1-10-9-16(6-7-17(10)13(18)8-14)12-4-2-11(15)3-5-12/h2-5,10H,6-9H2,1H3/t10-/m1/s1. The maximum Gasteiger partial charge on any atom is 0.237 e. The van der Waals surface area contributed by atoms with Crippen LogP contribution in [0.4, 0.5) is 5.69 Å². The summed E-state index contributed by atoms with van der Waals surface area (Å²) in [5, 5.41) is 0.739. The van der Waals surface area contributed by atoms with Gasteiger partial charge in [-0.2, -0.15) is 0 Å². The van der Waals surface area contributed by atoms with Gasteiger partial charge >= 0.3 is 0 Å². The molecule has 0 spiro atoms. The minimum atomic E-state index is 0.0138. The van der Waals surface area contributed by atoms with Gasteiger partial charge in [0.2, 0.25) is 5.91 Å². The third kappa shape index (κ3) is 2.90. The van der Waals surface area contributed by atoms with Gasteiger partial charge in [-0.25, -0.2) is 0 Å². The molecule has 0 unspecified atom stereocenters.